The number of rotatable bonds is 5. The standard InChI is InChI=1S/C18H22O/c1-4-14(2)13-15-5-7-16(8-6-15)17-9-11-18(19-3)12-10-17/h5-12,14H,4,13H2,1-3H3/t14-/m0/s1. The molecule has 1 atom stereocenters. The van der Waals surface area contributed by atoms with E-state index in [4.69, 9.17) is 4.74 Å². The van der Waals surface area contributed by atoms with Crippen molar-refractivity contribution in [3.05, 3.63) is 54.1 Å². The molecule has 0 aliphatic carbocycles. The van der Waals surface area contributed by atoms with Crippen molar-refractivity contribution in [2.45, 2.75) is 26.7 Å². The van der Waals surface area contributed by atoms with E-state index in [1.165, 1.54) is 29.5 Å². The highest BCUT2D eigenvalue weighted by Crippen LogP contribution is 2.23. The van der Waals surface area contributed by atoms with Crippen LogP contribution < -0.4 is 4.74 Å². The molecule has 2 rings (SSSR count). The van der Waals surface area contributed by atoms with Crippen LogP contribution >= 0.6 is 0 Å². The maximum Gasteiger partial charge on any atom is 0.118 e. The first-order valence-electron chi connectivity index (χ1n) is 6.96. The summed E-state index contributed by atoms with van der Waals surface area (Å²) in [5.41, 5.74) is 3.91. The Morgan fingerprint density at radius 2 is 1.42 bits per heavy atom. The minimum Gasteiger partial charge on any atom is -0.497 e. The zero-order valence-corrected chi connectivity index (χ0v) is 12.0. The van der Waals surface area contributed by atoms with E-state index in [2.05, 4.69) is 50.2 Å². The number of methoxy groups -OCH3 is 1. The predicted octanol–water partition coefficient (Wildman–Crippen LogP) is 4.95. The molecule has 2 aromatic carbocycles. The van der Waals surface area contributed by atoms with E-state index in [9.17, 15) is 0 Å². The molecule has 0 unspecified atom stereocenters. The third-order valence-corrected chi connectivity index (χ3v) is 3.66. The lowest BCUT2D eigenvalue weighted by Crippen LogP contribution is -1.97. The van der Waals surface area contributed by atoms with E-state index in [-0.39, 0.29) is 0 Å². The second-order valence-corrected chi connectivity index (χ2v) is 5.14. The number of benzene rings is 2. The zero-order valence-electron chi connectivity index (χ0n) is 12.0. The molecule has 1 heteroatoms. The van der Waals surface area contributed by atoms with Crippen molar-refractivity contribution >= 4 is 0 Å². The first kappa shape index (κ1) is 13.7. The smallest absolute Gasteiger partial charge is 0.118 e. The lowest BCUT2D eigenvalue weighted by atomic mass is 9.97. The predicted molar refractivity (Wildman–Crippen MR) is 81.6 cm³/mol. The summed E-state index contributed by atoms with van der Waals surface area (Å²) >= 11 is 0. The van der Waals surface area contributed by atoms with E-state index in [0.29, 0.717) is 0 Å². The highest BCUT2D eigenvalue weighted by molar-refractivity contribution is 5.64. The van der Waals surface area contributed by atoms with Crippen molar-refractivity contribution in [1.29, 1.82) is 0 Å². The molecule has 0 aliphatic heterocycles. The topological polar surface area (TPSA) is 9.23 Å². The summed E-state index contributed by atoms with van der Waals surface area (Å²) in [6.07, 6.45) is 2.40. The Labute approximate surface area is 116 Å². The van der Waals surface area contributed by atoms with E-state index in [0.717, 1.165) is 11.7 Å². The van der Waals surface area contributed by atoms with Gasteiger partial charge in [0.1, 0.15) is 5.75 Å². The Morgan fingerprint density at radius 3 is 1.89 bits per heavy atom. The molecule has 0 fully saturated rings. The molecular formula is C18H22O. The first-order chi connectivity index (χ1) is 9.22. The van der Waals surface area contributed by atoms with Crippen molar-refractivity contribution in [1.82, 2.24) is 0 Å². The fourth-order valence-electron chi connectivity index (χ4n) is 2.16. The molecule has 0 bridgehead atoms. The van der Waals surface area contributed by atoms with Crippen LogP contribution in [-0.4, -0.2) is 7.11 Å². The zero-order chi connectivity index (χ0) is 13.7. The largest absolute Gasteiger partial charge is 0.497 e. The van der Waals surface area contributed by atoms with Gasteiger partial charge in [0, 0.05) is 0 Å². The molecule has 0 amide bonds. The quantitative estimate of drug-likeness (QED) is 0.733. The molecule has 0 radical (unpaired) electrons. The third kappa shape index (κ3) is 3.60. The summed E-state index contributed by atoms with van der Waals surface area (Å²) < 4.78 is 5.18. The number of hydrogen-bond acceptors (Lipinski definition) is 1. The van der Waals surface area contributed by atoms with Gasteiger partial charge >= 0.3 is 0 Å². The number of hydrogen-bond donors (Lipinski definition) is 0. The van der Waals surface area contributed by atoms with Gasteiger partial charge in [-0.05, 0) is 41.2 Å². The summed E-state index contributed by atoms with van der Waals surface area (Å²) in [6, 6.07) is 17.1. The van der Waals surface area contributed by atoms with Crippen LogP contribution in [0.2, 0.25) is 0 Å². The normalized spacial score (nSPS) is 12.2. The van der Waals surface area contributed by atoms with Crippen LogP contribution in [-0.2, 0) is 6.42 Å². The van der Waals surface area contributed by atoms with E-state index in [1.807, 2.05) is 12.1 Å². The highest BCUT2D eigenvalue weighted by Gasteiger charge is 2.02. The summed E-state index contributed by atoms with van der Waals surface area (Å²) in [5.74, 6) is 1.66. The van der Waals surface area contributed by atoms with Gasteiger partial charge in [-0.1, -0.05) is 56.7 Å². The molecule has 0 heterocycles. The van der Waals surface area contributed by atoms with Crippen LogP contribution in [0.3, 0.4) is 0 Å². The minimum atomic E-state index is 0.756. The Kier molecular flexibility index (Phi) is 4.62. The Hall–Kier alpha value is -1.76. The lowest BCUT2D eigenvalue weighted by Gasteiger charge is -2.09. The second-order valence-electron chi connectivity index (χ2n) is 5.14. The van der Waals surface area contributed by atoms with Crippen LogP contribution in [0.15, 0.2) is 48.5 Å². The van der Waals surface area contributed by atoms with Gasteiger partial charge in [-0.2, -0.15) is 0 Å². The van der Waals surface area contributed by atoms with Crippen LogP contribution in [0.1, 0.15) is 25.8 Å². The summed E-state index contributed by atoms with van der Waals surface area (Å²) in [6.45, 7) is 4.55. The number of ether oxygens (including phenoxy) is 1. The van der Waals surface area contributed by atoms with Gasteiger partial charge in [-0.25, -0.2) is 0 Å². The molecule has 0 spiro atoms. The average molecular weight is 254 g/mol. The fourth-order valence-corrected chi connectivity index (χ4v) is 2.16. The summed E-state index contributed by atoms with van der Waals surface area (Å²) in [7, 11) is 1.69. The molecule has 19 heavy (non-hydrogen) atoms. The molecule has 0 aliphatic rings. The molecule has 0 saturated heterocycles. The van der Waals surface area contributed by atoms with Crippen molar-refractivity contribution in [2.75, 3.05) is 7.11 Å². The fraction of sp³-hybridized carbons (Fsp3) is 0.333. The van der Waals surface area contributed by atoms with Gasteiger partial charge in [0.15, 0.2) is 0 Å². The lowest BCUT2D eigenvalue weighted by molar-refractivity contribution is 0.415. The monoisotopic (exact) mass is 254 g/mol. The summed E-state index contributed by atoms with van der Waals surface area (Å²) in [4.78, 5) is 0. The van der Waals surface area contributed by atoms with Gasteiger partial charge in [0.05, 0.1) is 7.11 Å². The average Bonchev–Trinajstić information content (AvgIpc) is 2.48. The van der Waals surface area contributed by atoms with E-state index in [1.54, 1.807) is 7.11 Å². The Balaban J connectivity index is 2.12. The molecule has 2 aromatic rings. The molecule has 0 N–H and O–H groups in total. The van der Waals surface area contributed by atoms with Gasteiger partial charge in [-0.15, -0.1) is 0 Å². The Bertz CT molecular complexity index is 496. The second kappa shape index (κ2) is 6.42. The van der Waals surface area contributed by atoms with E-state index >= 15 is 0 Å². The van der Waals surface area contributed by atoms with Gasteiger partial charge in [-0.3, -0.25) is 0 Å². The van der Waals surface area contributed by atoms with Crippen LogP contribution in [0, 0.1) is 5.92 Å². The maximum atomic E-state index is 5.18. The SMILES string of the molecule is CC[C@H](C)Cc1ccc(-c2ccc(OC)cc2)cc1. The molecular weight excluding hydrogens is 232 g/mol. The van der Waals surface area contributed by atoms with E-state index < -0.39 is 0 Å². The van der Waals surface area contributed by atoms with Crippen molar-refractivity contribution in [2.24, 2.45) is 5.92 Å². The van der Waals surface area contributed by atoms with Gasteiger partial charge in [0.25, 0.3) is 0 Å². The van der Waals surface area contributed by atoms with Gasteiger partial charge < -0.3 is 4.74 Å². The molecule has 1 nitrogen and oxygen atoms in total. The Morgan fingerprint density at radius 1 is 0.895 bits per heavy atom. The summed E-state index contributed by atoms with van der Waals surface area (Å²) in [5, 5.41) is 0. The highest BCUT2D eigenvalue weighted by atomic mass is 16.5. The van der Waals surface area contributed by atoms with Crippen LogP contribution in [0.5, 0.6) is 5.75 Å². The molecule has 0 saturated carbocycles. The van der Waals surface area contributed by atoms with Gasteiger partial charge in [0.2, 0.25) is 0 Å². The molecule has 100 valence electrons. The van der Waals surface area contributed by atoms with Crippen LogP contribution in [0.4, 0.5) is 0 Å². The maximum absolute atomic E-state index is 5.18. The third-order valence-electron chi connectivity index (χ3n) is 3.66. The molecule has 0 aromatic heterocycles. The minimum absolute atomic E-state index is 0.756. The van der Waals surface area contributed by atoms with Crippen molar-refractivity contribution < 1.29 is 4.74 Å². The van der Waals surface area contributed by atoms with Crippen molar-refractivity contribution in [3.8, 4) is 16.9 Å². The van der Waals surface area contributed by atoms with Crippen molar-refractivity contribution in [3.63, 3.8) is 0 Å². The van der Waals surface area contributed by atoms with Crippen LogP contribution in [0.25, 0.3) is 11.1 Å². The first-order valence-corrected chi connectivity index (χ1v) is 6.96.